The molecule has 14 nitrogen and oxygen atoms in total. The maximum absolute atomic E-state index is 13.5. The van der Waals surface area contributed by atoms with Gasteiger partial charge < -0.3 is 4.74 Å². The molecule has 0 aliphatic rings. The van der Waals surface area contributed by atoms with E-state index in [4.69, 9.17) is 4.74 Å². The predicted molar refractivity (Wildman–Crippen MR) is 133 cm³/mol. The third-order valence-corrected chi connectivity index (χ3v) is 5.95. The van der Waals surface area contributed by atoms with Crippen LogP contribution in [0.2, 0.25) is 0 Å². The maximum atomic E-state index is 13.5. The van der Waals surface area contributed by atoms with Crippen molar-refractivity contribution in [1.29, 1.82) is 0 Å². The maximum Gasteiger partial charge on any atom is 0.281 e. The van der Waals surface area contributed by atoms with Gasteiger partial charge in [-0.05, 0) is 35.9 Å². The quantitative estimate of drug-likeness (QED) is 0.179. The Morgan fingerprint density at radius 3 is 2.11 bits per heavy atom. The third kappa shape index (κ3) is 5.35. The minimum Gasteiger partial charge on any atom is -0.497 e. The van der Waals surface area contributed by atoms with Crippen LogP contribution in [0, 0.1) is 30.3 Å². The first-order valence-electron chi connectivity index (χ1n) is 10.2. The third-order valence-electron chi connectivity index (χ3n) is 4.96. The number of rotatable bonds is 8. The van der Waals surface area contributed by atoms with Crippen molar-refractivity contribution < 1.29 is 24.3 Å². The van der Waals surface area contributed by atoms with Crippen LogP contribution in [-0.2, 0) is 0 Å². The van der Waals surface area contributed by atoms with Crippen molar-refractivity contribution in [2.45, 2.75) is 0 Å². The fourth-order valence-electron chi connectivity index (χ4n) is 3.16. The molecule has 1 aromatic heterocycles. The summed E-state index contributed by atoms with van der Waals surface area (Å²) in [5.41, 5.74) is -0.894. The van der Waals surface area contributed by atoms with Gasteiger partial charge in [-0.15, -0.1) is 0 Å². The lowest BCUT2D eigenvalue weighted by Gasteiger charge is -2.13. The first-order chi connectivity index (χ1) is 17.7. The number of hydrogen-bond donors (Lipinski definition) is 0. The molecule has 0 atom stereocenters. The number of amides is 1. The average Bonchev–Trinajstić information content (AvgIpc) is 3.31. The van der Waals surface area contributed by atoms with Gasteiger partial charge >= 0.3 is 0 Å². The number of methoxy groups -OCH3 is 1. The lowest BCUT2D eigenvalue weighted by molar-refractivity contribution is -0.394. The molecule has 0 unspecified atom stereocenters. The molecule has 4 aromatic rings. The SMILES string of the molecule is COc1ccc2nc(N(/N=C/c3ccc([N+](=O)[O-])cc3)C(=O)c3cc([N+](=O)[O-])cc([N+](=O)[O-])c3)sc2c1. The van der Waals surface area contributed by atoms with Crippen LogP contribution in [0.25, 0.3) is 10.2 Å². The van der Waals surface area contributed by atoms with Crippen molar-refractivity contribution in [1.82, 2.24) is 4.98 Å². The van der Waals surface area contributed by atoms with E-state index in [1.807, 2.05) is 0 Å². The molecule has 1 amide bonds. The van der Waals surface area contributed by atoms with Crippen molar-refractivity contribution in [3.05, 3.63) is 102 Å². The molecule has 0 saturated heterocycles. The highest BCUT2D eigenvalue weighted by atomic mass is 32.1. The molecule has 0 fully saturated rings. The van der Waals surface area contributed by atoms with E-state index in [0.717, 1.165) is 34.5 Å². The van der Waals surface area contributed by atoms with Crippen molar-refractivity contribution in [3.8, 4) is 5.75 Å². The second kappa shape index (κ2) is 10.1. The first-order valence-corrected chi connectivity index (χ1v) is 11.0. The molecule has 37 heavy (non-hydrogen) atoms. The van der Waals surface area contributed by atoms with E-state index in [1.165, 1.54) is 37.6 Å². The van der Waals surface area contributed by atoms with Gasteiger partial charge in [-0.1, -0.05) is 11.3 Å². The Labute approximate surface area is 210 Å². The number of non-ortho nitro benzene ring substituents is 3. The van der Waals surface area contributed by atoms with E-state index in [-0.39, 0.29) is 16.4 Å². The molecule has 0 aliphatic carbocycles. The molecule has 4 rings (SSSR count). The highest BCUT2D eigenvalue weighted by Crippen LogP contribution is 2.33. The Morgan fingerprint density at radius 2 is 1.54 bits per heavy atom. The topological polar surface area (TPSA) is 184 Å². The van der Waals surface area contributed by atoms with Crippen LogP contribution in [0.1, 0.15) is 15.9 Å². The van der Waals surface area contributed by atoms with E-state index < -0.39 is 32.1 Å². The van der Waals surface area contributed by atoms with Crippen LogP contribution in [0.3, 0.4) is 0 Å². The lowest BCUT2D eigenvalue weighted by atomic mass is 10.1. The molecule has 0 saturated carbocycles. The number of hydrazone groups is 1. The summed E-state index contributed by atoms with van der Waals surface area (Å²) in [6.45, 7) is 0. The van der Waals surface area contributed by atoms with E-state index in [0.29, 0.717) is 21.5 Å². The number of nitro groups is 3. The second-order valence-corrected chi connectivity index (χ2v) is 8.30. The van der Waals surface area contributed by atoms with Crippen molar-refractivity contribution >= 4 is 55.9 Å². The number of nitro benzene ring substituents is 3. The smallest absolute Gasteiger partial charge is 0.281 e. The number of carbonyl (C=O) groups excluding carboxylic acids is 1. The van der Waals surface area contributed by atoms with E-state index in [1.54, 1.807) is 18.2 Å². The summed E-state index contributed by atoms with van der Waals surface area (Å²) in [5, 5.41) is 38.6. The normalized spacial score (nSPS) is 10.9. The van der Waals surface area contributed by atoms with Crippen molar-refractivity contribution in [2.75, 3.05) is 12.1 Å². The Bertz CT molecular complexity index is 1550. The number of carbonyl (C=O) groups is 1. The Hall–Kier alpha value is -5.31. The number of hydrogen-bond acceptors (Lipinski definition) is 11. The van der Waals surface area contributed by atoms with Gasteiger partial charge in [-0.25, -0.2) is 4.98 Å². The Morgan fingerprint density at radius 1 is 0.919 bits per heavy atom. The van der Waals surface area contributed by atoms with Crippen LogP contribution in [-0.4, -0.2) is 39.0 Å². The van der Waals surface area contributed by atoms with Gasteiger partial charge in [-0.3, -0.25) is 35.1 Å². The zero-order valence-electron chi connectivity index (χ0n) is 18.7. The molecule has 3 aromatic carbocycles. The van der Waals surface area contributed by atoms with Crippen LogP contribution < -0.4 is 9.75 Å². The highest BCUT2D eigenvalue weighted by molar-refractivity contribution is 7.22. The summed E-state index contributed by atoms with van der Waals surface area (Å²) in [6.07, 6.45) is 1.24. The summed E-state index contributed by atoms with van der Waals surface area (Å²) >= 11 is 1.06. The average molecular weight is 522 g/mol. The number of anilines is 1. The Kier molecular flexibility index (Phi) is 6.79. The minimum atomic E-state index is -0.920. The molecule has 15 heteroatoms. The zero-order valence-corrected chi connectivity index (χ0v) is 19.5. The van der Waals surface area contributed by atoms with Crippen molar-refractivity contribution in [2.24, 2.45) is 5.10 Å². The highest BCUT2D eigenvalue weighted by Gasteiger charge is 2.26. The van der Waals surface area contributed by atoms with E-state index in [2.05, 4.69) is 10.1 Å². The predicted octanol–water partition coefficient (Wildman–Crippen LogP) is 4.71. The van der Waals surface area contributed by atoms with Crippen molar-refractivity contribution in [3.63, 3.8) is 0 Å². The van der Waals surface area contributed by atoms with Gasteiger partial charge in [0, 0.05) is 24.3 Å². The molecule has 186 valence electrons. The fourth-order valence-corrected chi connectivity index (χ4v) is 4.11. The van der Waals surface area contributed by atoms with Crippen LogP contribution in [0.4, 0.5) is 22.2 Å². The number of benzene rings is 3. The number of ether oxygens (including phenoxy) is 1. The van der Waals surface area contributed by atoms with Gasteiger partial charge in [0.2, 0.25) is 5.13 Å². The summed E-state index contributed by atoms with van der Waals surface area (Å²) in [7, 11) is 1.49. The van der Waals surface area contributed by atoms with Crippen LogP contribution in [0.5, 0.6) is 5.75 Å². The lowest BCUT2D eigenvalue weighted by Crippen LogP contribution is -2.25. The van der Waals surface area contributed by atoms with E-state index in [9.17, 15) is 35.1 Å². The monoisotopic (exact) mass is 522 g/mol. The van der Waals surface area contributed by atoms with Crippen LogP contribution >= 0.6 is 11.3 Å². The fraction of sp³-hybridized carbons (Fsp3) is 0.0455. The standard InChI is InChI=1S/C22H14N6O8S/c1-36-18-6-7-19-20(11-18)37-22(24-19)25(23-12-13-2-4-15(5-3-13)26(30)31)21(29)14-8-16(27(32)33)10-17(9-14)28(34)35/h2-12H,1H3/b23-12+. The summed E-state index contributed by atoms with van der Waals surface area (Å²) in [5.74, 6) is -0.375. The first kappa shape index (κ1) is 24.8. The largest absolute Gasteiger partial charge is 0.497 e. The van der Waals surface area contributed by atoms with Gasteiger partial charge in [-0.2, -0.15) is 10.1 Å². The van der Waals surface area contributed by atoms with Gasteiger partial charge in [0.25, 0.3) is 23.0 Å². The second-order valence-electron chi connectivity index (χ2n) is 7.29. The molecule has 0 spiro atoms. The molecule has 0 radical (unpaired) electrons. The molecular formula is C22H14N6O8S. The molecule has 1 heterocycles. The van der Waals surface area contributed by atoms with Gasteiger partial charge in [0.1, 0.15) is 5.75 Å². The molecular weight excluding hydrogens is 508 g/mol. The Balaban J connectivity index is 1.81. The number of fused-ring (bicyclic) bond motifs is 1. The number of aromatic nitrogens is 1. The molecule has 0 N–H and O–H groups in total. The molecule has 0 bridgehead atoms. The van der Waals surface area contributed by atoms with E-state index >= 15 is 0 Å². The minimum absolute atomic E-state index is 0.0700. The van der Waals surface area contributed by atoms with Gasteiger partial charge in [0.05, 0.1) is 49.9 Å². The summed E-state index contributed by atoms with van der Waals surface area (Å²) < 4.78 is 5.85. The summed E-state index contributed by atoms with van der Waals surface area (Å²) in [6, 6.07) is 12.9. The van der Waals surface area contributed by atoms with Crippen LogP contribution in [0.15, 0.2) is 65.8 Å². The zero-order chi connectivity index (χ0) is 26.7. The van der Waals surface area contributed by atoms with Gasteiger partial charge in [0.15, 0.2) is 0 Å². The molecule has 0 aliphatic heterocycles. The number of nitrogens with zero attached hydrogens (tertiary/aromatic N) is 6. The number of thiazole rings is 1. The summed E-state index contributed by atoms with van der Waals surface area (Å²) in [4.78, 5) is 49.1.